The van der Waals surface area contributed by atoms with Gasteiger partial charge < -0.3 is 5.32 Å². The molecule has 1 N–H and O–H groups in total. The van der Waals surface area contributed by atoms with E-state index in [9.17, 15) is 18.0 Å². The van der Waals surface area contributed by atoms with Crippen LogP contribution in [0.2, 0.25) is 0 Å². The van der Waals surface area contributed by atoms with Crippen molar-refractivity contribution in [2.24, 2.45) is 0 Å². The van der Waals surface area contributed by atoms with Gasteiger partial charge in [0, 0.05) is 18.0 Å². The van der Waals surface area contributed by atoms with Gasteiger partial charge in [-0.05, 0) is 42.5 Å². The van der Waals surface area contributed by atoms with Crippen LogP contribution < -0.4 is 5.32 Å². The third-order valence-electron chi connectivity index (χ3n) is 4.48. The maximum atomic E-state index is 13.6. The van der Waals surface area contributed by atoms with E-state index in [1.807, 2.05) is 6.07 Å². The van der Waals surface area contributed by atoms with Gasteiger partial charge in [-0.25, -0.2) is 9.67 Å². The van der Waals surface area contributed by atoms with Crippen molar-refractivity contribution >= 4 is 11.7 Å². The summed E-state index contributed by atoms with van der Waals surface area (Å²) in [4.78, 5) is 20.4. The van der Waals surface area contributed by atoms with Gasteiger partial charge in [-0.15, -0.1) is 0 Å². The van der Waals surface area contributed by atoms with Crippen molar-refractivity contribution in [3.05, 3.63) is 90.0 Å². The van der Waals surface area contributed by atoms with Gasteiger partial charge in [0.15, 0.2) is 0 Å². The molecule has 3 aromatic heterocycles. The van der Waals surface area contributed by atoms with E-state index in [4.69, 9.17) is 5.26 Å². The first-order valence-electron chi connectivity index (χ1n) is 9.21. The molecule has 0 saturated heterocycles. The van der Waals surface area contributed by atoms with Crippen LogP contribution >= 0.6 is 0 Å². The molecule has 0 aliphatic rings. The molecule has 158 valence electrons. The number of anilines is 1. The fourth-order valence-corrected chi connectivity index (χ4v) is 2.98. The molecule has 10 heteroatoms. The molecular formula is C22H13F3N6O. The standard InChI is InChI=1S/C22H13F3N6O/c23-22(24,25)19-10-18(15-5-3-9-27-12-15)30-31(19)16-7-8-20(28-13-16)29-21(32)17-6-2-1-4-14(17)11-26/h1-10,12-13H,(H,28,29,32). The minimum Gasteiger partial charge on any atom is -0.307 e. The Bertz CT molecular complexity index is 1310. The molecule has 0 atom stereocenters. The van der Waals surface area contributed by atoms with Gasteiger partial charge in [0.25, 0.3) is 5.91 Å². The molecule has 4 aromatic rings. The van der Waals surface area contributed by atoms with Crippen molar-refractivity contribution in [3.63, 3.8) is 0 Å². The molecule has 7 nitrogen and oxygen atoms in total. The van der Waals surface area contributed by atoms with Crippen molar-refractivity contribution in [1.82, 2.24) is 19.7 Å². The Kier molecular flexibility index (Phi) is 5.39. The summed E-state index contributed by atoms with van der Waals surface area (Å²) >= 11 is 0. The highest BCUT2D eigenvalue weighted by atomic mass is 19.4. The Hall–Kier alpha value is -4.52. The lowest BCUT2D eigenvalue weighted by molar-refractivity contribution is -0.142. The van der Waals surface area contributed by atoms with Crippen molar-refractivity contribution in [1.29, 1.82) is 5.26 Å². The second-order valence-electron chi connectivity index (χ2n) is 6.58. The molecule has 0 aliphatic carbocycles. The summed E-state index contributed by atoms with van der Waals surface area (Å²) < 4.78 is 41.5. The number of halogens is 3. The summed E-state index contributed by atoms with van der Waals surface area (Å²) in [7, 11) is 0. The Morgan fingerprint density at radius 1 is 1.06 bits per heavy atom. The number of amides is 1. The zero-order valence-corrected chi connectivity index (χ0v) is 16.2. The molecule has 0 radical (unpaired) electrons. The molecule has 0 spiro atoms. The van der Waals surface area contributed by atoms with Crippen LogP contribution in [0, 0.1) is 11.3 Å². The second-order valence-corrected chi connectivity index (χ2v) is 6.58. The molecule has 3 heterocycles. The topological polar surface area (TPSA) is 96.5 Å². The second kappa shape index (κ2) is 8.31. The van der Waals surface area contributed by atoms with Crippen LogP contribution in [0.3, 0.4) is 0 Å². The number of benzene rings is 1. The largest absolute Gasteiger partial charge is 0.433 e. The van der Waals surface area contributed by atoms with Crippen LogP contribution in [0.4, 0.5) is 19.0 Å². The minimum absolute atomic E-state index is 0.0582. The third kappa shape index (κ3) is 4.17. The molecule has 0 unspecified atom stereocenters. The van der Waals surface area contributed by atoms with Crippen LogP contribution in [-0.2, 0) is 6.18 Å². The third-order valence-corrected chi connectivity index (χ3v) is 4.48. The maximum Gasteiger partial charge on any atom is 0.433 e. The number of hydrogen-bond acceptors (Lipinski definition) is 5. The van der Waals surface area contributed by atoms with Crippen molar-refractivity contribution in [2.75, 3.05) is 5.32 Å². The van der Waals surface area contributed by atoms with E-state index in [2.05, 4.69) is 20.4 Å². The Labute approximate surface area is 179 Å². The van der Waals surface area contributed by atoms with Gasteiger partial charge in [-0.2, -0.15) is 23.5 Å². The zero-order valence-electron chi connectivity index (χ0n) is 16.2. The first-order chi connectivity index (χ1) is 15.4. The van der Waals surface area contributed by atoms with Crippen LogP contribution in [0.1, 0.15) is 21.6 Å². The van der Waals surface area contributed by atoms with E-state index in [1.54, 1.807) is 24.3 Å². The van der Waals surface area contributed by atoms with Gasteiger partial charge in [0.1, 0.15) is 11.5 Å². The number of pyridine rings is 2. The zero-order chi connectivity index (χ0) is 22.7. The molecule has 4 rings (SSSR count). The van der Waals surface area contributed by atoms with Crippen LogP contribution in [-0.4, -0.2) is 25.7 Å². The fourth-order valence-electron chi connectivity index (χ4n) is 2.98. The average Bonchev–Trinajstić information content (AvgIpc) is 3.26. The highest BCUT2D eigenvalue weighted by Gasteiger charge is 2.36. The number of nitrogens with zero attached hydrogens (tertiary/aromatic N) is 5. The summed E-state index contributed by atoms with van der Waals surface area (Å²) in [5.74, 6) is -0.448. The van der Waals surface area contributed by atoms with Crippen molar-refractivity contribution in [3.8, 4) is 23.0 Å². The number of hydrogen-bond donors (Lipinski definition) is 1. The minimum atomic E-state index is -4.65. The monoisotopic (exact) mass is 434 g/mol. The number of nitriles is 1. The SMILES string of the molecule is N#Cc1ccccc1C(=O)Nc1ccc(-n2nc(-c3cccnc3)cc2C(F)(F)F)cn1. The van der Waals surface area contributed by atoms with Gasteiger partial charge in [-0.3, -0.25) is 9.78 Å². The normalized spacial score (nSPS) is 11.1. The van der Waals surface area contributed by atoms with E-state index in [0.29, 0.717) is 5.56 Å². The number of nitrogens with one attached hydrogen (secondary N) is 1. The lowest BCUT2D eigenvalue weighted by atomic mass is 10.1. The van der Waals surface area contributed by atoms with Crippen LogP contribution in [0.15, 0.2) is 73.2 Å². The van der Waals surface area contributed by atoms with Crippen LogP contribution in [0.5, 0.6) is 0 Å². The highest BCUT2D eigenvalue weighted by molar-refractivity contribution is 6.05. The molecule has 0 saturated carbocycles. The molecule has 32 heavy (non-hydrogen) atoms. The molecule has 0 bridgehead atoms. The molecular weight excluding hydrogens is 421 g/mol. The van der Waals surface area contributed by atoms with Crippen LogP contribution in [0.25, 0.3) is 16.9 Å². The average molecular weight is 434 g/mol. The van der Waals surface area contributed by atoms with Gasteiger partial charge >= 0.3 is 6.18 Å². The first-order valence-corrected chi connectivity index (χ1v) is 9.21. The lowest BCUT2D eigenvalue weighted by Gasteiger charge is -2.11. The predicted octanol–water partition coefficient (Wildman–Crippen LogP) is 4.47. The fraction of sp³-hybridized carbons (Fsp3) is 0.0455. The first kappa shape index (κ1) is 20.7. The van der Waals surface area contributed by atoms with E-state index in [-0.39, 0.29) is 28.3 Å². The Morgan fingerprint density at radius 3 is 2.53 bits per heavy atom. The molecule has 0 fully saturated rings. The van der Waals surface area contributed by atoms with Gasteiger partial charge in [-0.1, -0.05) is 12.1 Å². The summed E-state index contributed by atoms with van der Waals surface area (Å²) in [6, 6.07) is 15.0. The summed E-state index contributed by atoms with van der Waals surface area (Å²) in [5.41, 5.74) is -0.0224. The number of carbonyl (C=O) groups excluding carboxylic acids is 1. The van der Waals surface area contributed by atoms with E-state index >= 15 is 0 Å². The molecule has 0 aliphatic heterocycles. The van der Waals surface area contributed by atoms with Gasteiger partial charge in [0.05, 0.1) is 34.8 Å². The quantitative estimate of drug-likeness (QED) is 0.511. The summed E-state index contributed by atoms with van der Waals surface area (Å²) in [6.45, 7) is 0. The number of carbonyl (C=O) groups is 1. The van der Waals surface area contributed by atoms with E-state index in [0.717, 1.165) is 10.7 Å². The van der Waals surface area contributed by atoms with E-state index in [1.165, 1.54) is 42.9 Å². The highest BCUT2D eigenvalue weighted by Crippen LogP contribution is 2.34. The van der Waals surface area contributed by atoms with E-state index < -0.39 is 17.8 Å². The Morgan fingerprint density at radius 2 is 1.88 bits per heavy atom. The van der Waals surface area contributed by atoms with Gasteiger partial charge in [0.2, 0.25) is 0 Å². The number of aromatic nitrogens is 4. The molecule has 1 aromatic carbocycles. The smallest absolute Gasteiger partial charge is 0.307 e. The summed E-state index contributed by atoms with van der Waals surface area (Å²) in [6.07, 6.45) is -0.553. The summed E-state index contributed by atoms with van der Waals surface area (Å²) in [5, 5.41) is 15.7. The number of alkyl halides is 3. The van der Waals surface area contributed by atoms with Crippen molar-refractivity contribution < 1.29 is 18.0 Å². The maximum absolute atomic E-state index is 13.6. The molecule has 1 amide bonds. The predicted molar refractivity (Wildman–Crippen MR) is 109 cm³/mol. The number of rotatable bonds is 4. The Balaban J connectivity index is 1.64. The van der Waals surface area contributed by atoms with Crippen molar-refractivity contribution in [2.45, 2.75) is 6.18 Å². The lowest BCUT2D eigenvalue weighted by Crippen LogP contribution is -2.15.